The van der Waals surface area contributed by atoms with Gasteiger partial charge in [-0.25, -0.2) is 4.79 Å². The van der Waals surface area contributed by atoms with Crippen LogP contribution in [0.25, 0.3) is 0 Å². The van der Waals surface area contributed by atoms with E-state index < -0.39 is 5.72 Å². The van der Waals surface area contributed by atoms with Crippen LogP contribution in [0.15, 0.2) is 30.3 Å². The van der Waals surface area contributed by atoms with E-state index in [1.165, 1.54) is 4.90 Å². The summed E-state index contributed by atoms with van der Waals surface area (Å²) in [5.41, 5.74) is -0.430. The molecule has 1 aliphatic rings. The first-order chi connectivity index (χ1) is 7.50. The lowest BCUT2D eigenvalue weighted by molar-refractivity contribution is 0.0344. The molecule has 0 aromatic heterocycles. The van der Waals surface area contributed by atoms with Gasteiger partial charge in [-0.3, -0.25) is 4.90 Å². The molecule has 4 heteroatoms. The molecule has 0 spiro atoms. The Balaban J connectivity index is 2.35. The van der Waals surface area contributed by atoms with E-state index in [9.17, 15) is 9.90 Å². The molecule has 0 saturated carbocycles. The van der Waals surface area contributed by atoms with Gasteiger partial charge >= 0.3 is 6.03 Å². The number of hydrogen-bond donors (Lipinski definition) is 2. The van der Waals surface area contributed by atoms with Gasteiger partial charge < -0.3 is 10.4 Å². The highest BCUT2D eigenvalue weighted by atomic mass is 16.3. The number of benzene rings is 1. The van der Waals surface area contributed by atoms with Crippen LogP contribution in [0.5, 0.6) is 0 Å². The molecule has 0 bridgehead atoms. The first-order valence-electron chi connectivity index (χ1n) is 5.39. The van der Waals surface area contributed by atoms with Crippen molar-refractivity contribution in [1.29, 1.82) is 0 Å². The summed E-state index contributed by atoms with van der Waals surface area (Å²) in [6, 6.07) is 8.92. The molecule has 1 heterocycles. The van der Waals surface area contributed by atoms with Gasteiger partial charge in [0.25, 0.3) is 0 Å². The van der Waals surface area contributed by atoms with Crippen LogP contribution in [0.1, 0.15) is 20.3 Å². The van der Waals surface area contributed by atoms with Crippen molar-refractivity contribution < 1.29 is 9.90 Å². The normalized spacial score (nSPS) is 30.1. The average Bonchev–Trinajstić information content (AvgIpc) is 2.15. The highest BCUT2D eigenvalue weighted by molar-refractivity contribution is 5.94. The Bertz CT molecular complexity index is 389. The van der Waals surface area contributed by atoms with E-state index in [4.69, 9.17) is 0 Å². The molecular weight excluding hydrogens is 204 g/mol. The molecule has 0 unspecified atom stereocenters. The third kappa shape index (κ3) is 1.88. The minimum atomic E-state index is -1.14. The molecule has 2 amide bonds. The van der Waals surface area contributed by atoms with Gasteiger partial charge in [-0.15, -0.1) is 0 Å². The Morgan fingerprint density at radius 2 is 2.06 bits per heavy atom. The predicted molar refractivity (Wildman–Crippen MR) is 62.2 cm³/mol. The third-order valence-corrected chi connectivity index (χ3v) is 2.76. The Hall–Kier alpha value is -1.55. The SMILES string of the molecule is C[C@H]1C[C@@](C)(O)N(c2ccccc2)C(=O)N1. The highest BCUT2D eigenvalue weighted by Crippen LogP contribution is 2.28. The van der Waals surface area contributed by atoms with Crippen LogP contribution in [-0.2, 0) is 0 Å². The molecule has 1 aliphatic heterocycles. The predicted octanol–water partition coefficient (Wildman–Crippen LogP) is 1.70. The number of urea groups is 1. The summed E-state index contributed by atoms with van der Waals surface area (Å²) < 4.78 is 0. The minimum Gasteiger partial charge on any atom is -0.371 e. The number of carbonyl (C=O) groups excluding carboxylic acids is 1. The fraction of sp³-hybridized carbons (Fsp3) is 0.417. The van der Waals surface area contributed by atoms with Crippen LogP contribution in [-0.4, -0.2) is 22.9 Å². The molecule has 2 N–H and O–H groups in total. The van der Waals surface area contributed by atoms with Gasteiger partial charge in [0.1, 0.15) is 5.72 Å². The van der Waals surface area contributed by atoms with E-state index in [1.54, 1.807) is 6.92 Å². The summed E-state index contributed by atoms with van der Waals surface area (Å²) in [4.78, 5) is 13.3. The maximum atomic E-state index is 11.9. The number of anilines is 1. The largest absolute Gasteiger partial charge is 0.371 e. The number of rotatable bonds is 1. The third-order valence-electron chi connectivity index (χ3n) is 2.76. The number of nitrogens with one attached hydrogen (secondary N) is 1. The fourth-order valence-corrected chi connectivity index (χ4v) is 2.19. The summed E-state index contributed by atoms with van der Waals surface area (Å²) in [7, 11) is 0. The van der Waals surface area contributed by atoms with Gasteiger partial charge in [0.2, 0.25) is 0 Å². The van der Waals surface area contributed by atoms with Crippen molar-refractivity contribution in [2.75, 3.05) is 4.90 Å². The zero-order valence-electron chi connectivity index (χ0n) is 9.47. The van der Waals surface area contributed by atoms with Crippen LogP contribution in [0.2, 0.25) is 0 Å². The van der Waals surface area contributed by atoms with Crippen molar-refractivity contribution in [3.05, 3.63) is 30.3 Å². The van der Waals surface area contributed by atoms with E-state index in [0.29, 0.717) is 12.1 Å². The van der Waals surface area contributed by atoms with Gasteiger partial charge in [-0.05, 0) is 26.0 Å². The maximum Gasteiger partial charge on any atom is 0.324 e. The molecular formula is C12H16N2O2. The number of para-hydroxylation sites is 1. The first-order valence-corrected chi connectivity index (χ1v) is 5.39. The van der Waals surface area contributed by atoms with Gasteiger partial charge in [0.15, 0.2) is 0 Å². The van der Waals surface area contributed by atoms with E-state index in [0.717, 1.165) is 0 Å². The molecule has 2 atom stereocenters. The van der Waals surface area contributed by atoms with Gasteiger partial charge in [0.05, 0.1) is 0 Å². The molecule has 1 saturated heterocycles. The van der Waals surface area contributed by atoms with E-state index in [2.05, 4.69) is 5.32 Å². The molecule has 0 aliphatic carbocycles. The van der Waals surface area contributed by atoms with Gasteiger partial charge in [-0.1, -0.05) is 18.2 Å². The second-order valence-electron chi connectivity index (χ2n) is 4.44. The quantitative estimate of drug-likeness (QED) is 0.757. The number of amides is 2. The lowest BCUT2D eigenvalue weighted by atomic mass is 10.0. The second-order valence-corrected chi connectivity index (χ2v) is 4.44. The van der Waals surface area contributed by atoms with Crippen molar-refractivity contribution >= 4 is 11.7 Å². The van der Waals surface area contributed by atoms with Gasteiger partial charge in [-0.2, -0.15) is 0 Å². The summed E-state index contributed by atoms with van der Waals surface area (Å²) in [5, 5.41) is 13.1. The number of carbonyl (C=O) groups is 1. The monoisotopic (exact) mass is 220 g/mol. The summed E-state index contributed by atoms with van der Waals surface area (Å²) in [5.74, 6) is 0. The van der Waals surface area contributed by atoms with Crippen molar-refractivity contribution in [2.45, 2.75) is 32.0 Å². The van der Waals surface area contributed by atoms with Crippen molar-refractivity contribution in [1.82, 2.24) is 5.32 Å². The Morgan fingerprint density at radius 1 is 1.44 bits per heavy atom. The Labute approximate surface area is 94.9 Å². The standard InChI is InChI=1S/C12H16N2O2/c1-9-8-12(2,16)14(11(15)13-9)10-6-4-3-5-7-10/h3-7,9,16H,8H2,1-2H3,(H,13,15)/t9-,12+/m0/s1. The molecule has 0 radical (unpaired) electrons. The molecule has 1 fully saturated rings. The van der Waals surface area contributed by atoms with Crippen LogP contribution < -0.4 is 10.2 Å². The van der Waals surface area contributed by atoms with Crippen molar-refractivity contribution in [3.8, 4) is 0 Å². The summed E-state index contributed by atoms with van der Waals surface area (Å²) in [6.07, 6.45) is 0.508. The fourth-order valence-electron chi connectivity index (χ4n) is 2.19. The molecule has 1 aromatic rings. The minimum absolute atomic E-state index is 0.0116. The molecule has 86 valence electrons. The summed E-state index contributed by atoms with van der Waals surface area (Å²) in [6.45, 7) is 3.55. The topological polar surface area (TPSA) is 52.6 Å². The van der Waals surface area contributed by atoms with Crippen molar-refractivity contribution in [2.24, 2.45) is 0 Å². The molecule has 1 aromatic carbocycles. The lowest BCUT2D eigenvalue weighted by Crippen LogP contribution is -2.62. The maximum absolute atomic E-state index is 11.9. The zero-order valence-corrected chi connectivity index (χ0v) is 9.47. The van der Waals surface area contributed by atoms with E-state index in [-0.39, 0.29) is 12.1 Å². The Kier molecular flexibility index (Phi) is 2.59. The highest BCUT2D eigenvalue weighted by Gasteiger charge is 2.40. The number of aliphatic hydroxyl groups is 1. The molecule has 2 rings (SSSR count). The smallest absolute Gasteiger partial charge is 0.324 e. The van der Waals surface area contributed by atoms with Crippen LogP contribution in [0.4, 0.5) is 10.5 Å². The van der Waals surface area contributed by atoms with Gasteiger partial charge in [0, 0.05) is 18.2 Å². The van der Waals surface area contributed by atoms with E-state index >= 15 is 0 Å². The van der Waals surface area contributed by atoms with Crippen LogP contribution in [0, 0.1) is 0 Å². The van der Waals surface area contributed by atoms with Crippen LogP contribution in [0.3, 0.4) is 0 Å². The van der Waals surface area contributed by atoms with E-state index in [1.807, 2.05) is 37.3 Å². The zero-order chi connectivity index (χ0) is 11.8. The lowest BCUT2D eigenvalue weighted by Gasteiger charge is -2.43. The first kappa shape index (κ1) is 11.0. The number of nitrogens with zero attached hydrogens (tertiary/aromatic N) is 1. The average molecular weight is 220 g/mol. The second kappa shape index (κ2) is 3.79. The Morgan fingerprint density at radius 3 is 2.62 bits per heavy atom. The molecule has 4 nitrogen and oxygen atoms in total. The number of hydrogen-bond acceptors (Lipinski definition) is 2. The van der Waals surface area contributed by atoms with Crippen LogP contribution >= 0.6 is 0 Å². The molecule has 16 heavy (non-hydrogen) atoms. The summed E-state index contributed by atoms with van der Waals surface area (Å²) >= 11 is 0. The van der Waals surface area contributed by atoms with Crippen molar-refractivity contribution in [3.63, 3.8) is 0 Å².